The topological polar surface area (TPSA) is 20.3 Å². The van der Waals surface area contributed by atoms with E-state index in [1.54, 1.807) is 30.1 Å². The lowest BCUT2D eigenvalue weighted by molar-refractivity contribution is -0.131. The molecule has 0 N–H and O–H groups in total. The monoisotopic (exact) mass is 223 g/mol. The van der Waals surface area contributed by atoms with Gasteiger partial charge in [0.25, 0.3) is 0 Å². The lowest BCUT2D eigenvalue weighted by atomic mass is 10.1. The van der Waals surface area contributed by atoms with Crippen molar-refractivity contribution < 1.29 is 9.18 Å². The number of benzene rings is 1. The van der Waals surface area contributed by atoms with Crippen LogP contribution in [-0.4, -0.2) is 17.9 Å². The largest absolute Gasteiger partial charge is 0.341 e. The van der Waals surface area contributed by atoms with Gasteiger partial charge in [-0.05, 0) is 12.0 Å². The summed E-state index contributed by atoms with van der Waals surface area (Å²) in [4.78, 5) is 13.2. The minimum atomic E-state index is -0.258. The van der Waals surface area contributed by atoms with E-state index in [1.165, 1.54) is 6.07 Å². The molecule has 1 amide bonds. The van der Waals surface area contributed by atoms with Crippen molar-refractivity contribution in [3.8, 4) is 0 Å². The van der Waals surface area contributed by atoms with Crippen LogP contribution in [0.25, 0.3) is 0 Å². The van der Waals surface area contributed by atoms with E-state index in [0.29, 0.717) is 24.4 Å². The van der Waals surface area contributed by atoms with E-state index in [-0.39, 0.29) is 11.7 Å². The van der Waals surface area contributed by atoms with Gasteiger partial charge < -0.3 is 4.90 Å². The molecule has 2 nitrogen and oxygen atoms in total. The van der Waals surface area contributed by atoms with Crippen molar-refractivity contribution in [1.82, 2.24) is 4.90 Å². The highest BCUT2D eigenvalue weighted by Gasteiger charge is 2.12. The average molecular weight is 223 g/mol. The molecule has 0 saturated carbocycles. The van der Waals surface area contributed by atoms with Crippen LogP contribution in [-0.2, 0) is 11.3 Å². The van der Waals surface area contributed by atoms with Crippen molar-refractivity contribution in [3.05, 3.63) is 35.6 Å². The fraction of sp³-hybridized carbons (Fsp3) is 0.462. The Morgan fingerprint density at radius 3 is 2.56 bits per heavy atom. The highest BCUT2D eigenvalue weighted by atomic mass is 19.1. The van der Waals surface area contributed by atoms with Gasteiger partial charge in [0.1, 0.15) is 5.82 Å². The molecule has 0 fully saturated rings. The van der Waals surface area contributed by atoms with E-state index >= 15 is 0 Å². The van der Waals surface area contributed by atoms with Crippen LogP contribution >= 0.6 is 0 Å². The molecule has 0 bridgehead atoms. The van der Waals surface area contributed by atoms with Crippen LogP contribution in [0.4, 0.5) is 4.39 Å². The molecule has 1 rings (SSSR count). The van der Waals surface area contributed by atoms with Crippen LogP contribution in [0.5, 0.6) is 0 Å². The SMILES string of the molecule is CC(C)CC(=O)N(C)Cc1ccccc1F. The number of carbonyl (C=O) groups excluding carboxylic acids is 1. The van der Waals surface area contributed by atoms with Gasteiger partial charge in [0.2, 0.25) is 5.91 Å². The number of hydrogen-bond acceptors (Lipinski definition) is 1. The fourth-order valence-corrected chi connectivity index (χ4v) is 1.48. The van der Waals surface area contributed by atoms with Crippen molar-refractivity contribution in [2.24, 2.45) is 5.92 Å². The Balaban J connectivity index is 2.61. The molecule has 0 aromatic heterocycles. The summed E-state index contributed by atoms with van der Waals surface area (Å²) in [7, 11) is 1.71. The molecule has 88 valence electrons. The number of hydrogen-bond donors (Lipinski definition) is 0. The molecule has 0 unspecified atom stereocenters. The molecule has 0 radical (unpaired) electrons. The summed E-state index contributed by atoms with van der Waals surface area (Å²) in [5.41, 5.74) is 0.558. The van der Waals surface area contributed by atoms with Gasteiger partial charge in [-0.15, -0.1) is 0 Å². The molecule has 1 aromatic rings. The molecule has 0 atom stereocenters. The zero-order chi connectivity index (χ0) is 12.1. The summed E-state index contributed by atoms with van der Waals surface area (Å²) in [6, 6.07) is 6.54. The van der Waals surface area contributed by atoms with Gasteiger partial charge in [0.15, 0.2) is 0 Å². The fourth-order valence-electron chi connectivity index (χ4n) is 1.48. The Bertz CT molecular complexity index is 363. The van der Waals surface area contributed by atoms with E-state index in [0.717, 1.165) is 0 Å². The smallest absolute Gasteiger partial charge is 0.222 e. The maximum atomic E-state index is 13.3. The van der Waals surface area contributed by atoms with E-state index in [9.17, 15) is 9.18 Å². The first kappa shape index (κ1) is 12.7. The summed E-state index contributed by atoms with van der Waals surface area (Å²) >= 11 is 0. The van der Waals surface area contributed by atoms with Crippen LogP contribution < -0.4 is 0 Å². The van der Waals surface area contributed by atoms with Gasteiger partial charge in [-0.2, -0.15) is 0 Å². The predicted octanol–water partition coefficient (Wildman–Crippen LogP) is 2.83. The first-order valence-corrected chi connectivity index (χ1v) is 5.48. The maximum Gasteiger partial charge on any atom is 0.222 e. The first-order valence-electron chi connectivity index (χ1n) is 5.48. The molecule has 0 spiro atoms. The van der Waals surface area contributed by atoms with Crippen molar-refractivity contribution in [2.75, 3.05) is 7.05 Å². The summed E-state index contributed by atoms with van der Waals surface area (Å²) in [6.45, 7) is 4.32. The van der Waals surface area contributed by atoms with Crippen LogP contribution in [0.3, 0.4) is 0 Å². The van der Waals surface area contributed by atoms with E-state index in [4.69, 9.17) is 0 Å². The average Bonchev–Trinajstić information content (AvgIpc) is 2.20. The first-order chi connectivity index (χ1) is 7.50. The number of nitrogens with zero attached hydrogens (tertiary/aromatic N) is 1. The minimum Gasteiger partial charge on any atom is -0.341 e. The zero-order valence-electron chi connectivity index (χ0n) is 10.0. The second-order valence-electron chi connectivity index (χ2n) is 4.44. The van der Waals surface area contributed by atoms with Crippen LogP contribution in [0.15, 0.2) is 24.3 Å². The predicted molar refractivity (Wildman–Crippen MR) is 62.3 cm³/mol. The Kier molecular flexibility index (Phi) is 4.47. The second-order valence-corrected chi connectivity index (χ2v) is 4.44. The van der Waals surface area contributed by atoms with Crippen molar-refractivity contribution in [3.63, 3.8) is 0 Å². The summed E-state index contributed by atoms with van der Waals surface area (Å²) < 4.78 is 13.3. The Hall–Kier alpha value is -1.38. The minimum absolute atomic E-state index is 0.0539. The molecular formula is C13H18FNO. The zero-order valence-corrected chi connectivity index (χ0v) is 10.0. The summed E-state index contributed by atoms with van der Waals surface area (Å²) in [5, 5.41) is 0. The summed E-state index contributed by atoms with van der Waals surface area (Å²) in [6.07, 6.45) is 0.505. The van der Waals surface area contributed by atoms with E-state index in [1.807, 2.05) is 13.8 Å². The van der Waals surface area contributed by atoms with E-state index in [2.05, 4.69) is 0 Å². The van der Waals surface area contributed by atoms with E-state index < -0.39 is 0 Å². The summed E-state index contributed by atoms with van der Waals surface area (Å²) in [5.74, 6) is 0.125. The molecular weight excluding hydrogens is 205 g/mol. The van der Waals surface area contributed by atoms with Crippen LogP contribution in [0, 0.1) is 11.7 Å². The molecule has 0 aliphatic rings. The third kappa shape index (κ3) is 3.65. The molecule has 0 heterocycles. The molecule has 0 saturated heterocycles. The number of carbonyl (C=O) groups is 1. The normalized spacial score (nSPS) is 10.6. The Labute approximate surface area is 96.1 Å². The lowest BCUT2D eigenvalue weighted by Gasteiger charge is -2.18. The highest BCUT2D eigenvalue weighted by molar-refractivity contribution is 5.76. The van der Waals surface area contributed by atoms with Crippen LogP contribution in [0.2, 0.25) is 0 Å². The Morgan fingerprint density at radius 1 is 1.38 bits per heavy atom. The molecule has 0 aliphatic heterocycles. The molecule has 3 heteroatoms. The maximum absolute atomic E-state index is 13.3. The third-order valence-electron chi connectivity index (χ3n) is 2.37. The van der Waals surface area contributed by atoms with Crippen molar-refractivity contribution in [1.29, 1.82) is 0 Å². The Morgan fingerprint density at radius 2 is 2.00 bits per heavy atom. The quantitative estimate of drug-likeness (QED) is 0.768. The third-order valence-corrected chi connectivity index (χ3v) is 2.37. The lowest BCUT2D eigenvalue weighted by Crippen LogP contribution is -2.27. The molecule has 0 aliphatic carbocycles. The highest BCUT2D eigenvalue weighted by Crippen LogP contribution is 2.11. The molecule has 1 aromatic carbocycles. The number of halogens is 1. The number of rotatable bonds is 4. The van der Waals surface area contributed by atoms with Gasteiger partial charge in [-0.25, -0.2) is 4.39 Å². The van der Waals surface area contributed by atoms with Gasteiger partial charge in [-0.3, -0.25) is 4.79 Å². The van der Waals surface area contributed by atoms with Gasteiger partial charge in [0, 0.05) is 25.6 Å². The van der Waals surface area contributed by atoms with Crippen LogP contribution in [0.1, 0.15) is 25.8 Å². The van der Waals surface area contributed by atoms with Crippen molar-refractivity contribution >= 4 is 5.91 Å². The van der Waals surface area contributed by atoms with Crippen molar-refractivity contribution in [2.45, 2.75) is 26.8 Å². The second kappa shape index (κ2) is 5.64. The number of amides is 1. The van der Waals surface area contributed by atoms with Gasteiger partial charge in [-0.1, -0.05) is 32.0 Å². The standard InChI is InChI=1S/C13H18FNO/c1-10(2)8-13(16)15(3)9-11-6-4-5-7-12(11)14/h4-7,10H,8-9H2,1-3H3. The van der Waals surface area contributed by atoms with Gasteiger partial charge in [0.05, 0.1) is 0 Å². The molecule has 16 heavy (non-hydrogen) atoms. The van der Waals surface area contributed by atoms with Gasteiger partial charge >= 0.3 is 0 Å².